The van der Waals surface area contributed by atoms with Gasteiger partial charge in [-0.25, -0.2) is 4.57 Å². The van der Waals surface area contributed by atoms with Gasteiger partial charge in [0.2, 0.25) is 0 Å². The van der Waals surface area contributed by atoms with Gasteiger partial charge in [0.1, 0.15) is 6.61 Å². The van der Waals surface area contributed by atoms with Crippen molar-refractivity contribution in [3.8, 4) is 0 Å². The molecule has 0 radical (unpaired) electrons. The molecule has 0 saturated heterocycles. The van der Waals surface area contributed by atoms with Gasteiger partial charge >= 0.3 is 19.8 Å². The van der Waals surface area contributed by atoms with Gasteiger partial charge in [0.15, 0.2) is 6.10 Å². The van der Waals surface area contributed by atoms with Crippen LogP contribution in [0.25, 0.3) is 0 Å². The minimum Gasteiger partial charge on any atom is -0.462 e. The molecular formula is C51H94NO8P. The van der Waals surface area contributed by atoms with E-state index < -0.39 is 26.5 Å². The second kappa shape index (κ2) is 47.4. The van der Waals surface area contributed by atoms with E-state index >= 15 is 0 Å². The van der Waals surface area contributed by atoms with Crippen LogP contribution in [-0.4, -0.2) is 49.3 Å². The van der Waals surface area contributed by atoms with Gasteiger partial charge in [-0.3, -0.25) is 18.6 Å². The number of ether oxygens (including phenoxy) is 2. The molecular weight excluding hydrogens is 786 g/mol. The molecule has 0 amide bonds. The largest absolute Gasteiger partial charge is 0.472 e. The molecule has 61 heavy (non-hydrogen) atoms. The first-order valence-corrected chi connectivity index (χ1v) is 26.6. The van der Waals surface area contributed by atoms with Crippen LogP contribution in [-0.2, 0) is 32.7 Å². The summed E-state index contributed by atoms with van der Waals surface area (Å²) < 4.78 is 32.9. The summed E-state index contributed by atoms with van der Waals surface area (Å²) in [5, 5.41) is 0. The van der Waals surface area contributed by atoms with Crippen LogP contribution in [0.2, 0.25) is 0 Å². The summed E-state index contributed by atoms with van der Waals surface area (Å²) in [5.74, 6) is -0.841. The van der Waals surface area contributed by atoms with Crippen LogP contribution >= 0.6 is 7.82 Å². The van der Waals surface area contributed by atoms with E-state index in [4.69, 9.17) is 24.3 Å². The Morgan fingerprint density at radius 2 is 0.852 bits per heavy atom. The first kappa shape index (κ1) is 59.0. The van der Waals surface area contributed by atoms with Crippen molar-refractivity contribution in [1.82, 2.24) is 0 Å². The summed E-state index contributed by atoms with van der Waals surface area (Å²) in [6.45, 7) is 3.71. The van der Waals surface area contributed by atoms with Gasteiger partial charge < -0.3 is 20.1 Å². The fourth-order valence-corrected chi connectivity index (χ4v) is 7.70. The normalized spacial score (nSPS) is 13.6. The summed E-state index contributed by atoms with van der Waals surface area (Å²) in [7, 11) is -4.39. The quantitative estimate of drug-likeness (QED) is 0.0265. The predicted octanol–water partition coefficient (Wildman–Crippen LogP) is 15.1. The zero-order chi connectivity index (χ0) is 44.6. The topological polar surface area (TPSA) is 134 Å². The SMILES string of the molecule is CCCCC/C=C\C/C=C\C/C=C\CCCCCCCCC(=O)OC(COC(=O)CCCCCCCCCCC/C=C\CCCCCCCCCC)COP(=O)(O)OCCN. The average Bonchev–Trinajstić information content (AvgIpc) is 3.25. The van der Waals surface area contributed by atoms with E-state index in [0.717, 1.165) is 70.6 Å². The Morgan fingerprint density at radius 3 is 1.31 bits per heavy atom. The van der Waals surface area contributed by atoms with Crippen LogP contribution in [0, 0.1) is 0 Å². The molecule has 0 saturated carbocycles. The summed E-state index contributed by atoms with van der Waals surface area (Å²) in [4.78, 5) is 35.0. The zero-order valence-electron chi connectivity index (χ0n) is 39.4. The van der Waals surface area contributed by atoms with Crippen molar-refractivity contribution in [2.75, 3.05) is 26.4 Å². The molecule has 2 unspecified atom stereocenters. The number of unbranched alkanes of at least 4 members (excludes halogenated alkanes) is 26. The number of nitrogens with two attached hydrogens (primary N) is 1. The van der Waals surface area contributed by atoms with Crippen molar-refractivity contribution in [3.63, 3.8) is 0 Å². The van der Waals surface area contributed by atoms with Gasteiger partial charge in [0.25, 0.3) is 0 Å². The van der Waals surface area contributed by atoms with Gasteiger partial charge in [0.05, 0.1) is 13.2 Å². The molecule has 10 heteroatoms. The fourth-order valence-electron chi connectivity index (χ4n) is 6.93. The highest BCUT2D eigenvalue weighted by molar-refractivity contribution is 7.47. The standard InChI is InChI=1S/C51H94NO8P/c1-3-5-7-9-11-13-15-17-19-21-23-24-26-27-29-31-33-35-37-39-41-43-50(53)57-47-49(48-59-61(55,56)58-46-45-52)60-51(54)44-42-40-38-36-34-32-30-28-25-22-20-18-16-14-12-10-8-6-4-2/h12,14,18,20-21,23,25,28,49H,3-11,13,15-17,19,22,24,26-27,29-48,52H2,1-2H3,(H,55,56)/b14-12-,20-18-,23-21-,28-25-. The number of esters is 2. The molecule has 0 aromatic carbocycles. The third-order valence-electron chi connectivity index (χ3n) is 10.7. The first-order chi connectivity index (χ1) is 29.8. The highest BCUT2D eigenvalue weighted by Gasteiger charge is 2.26. The number of allylic oxidation sites excluding steroid dienone is 8. The summed E-state index contributed by atoms with van der Waals surface area (Å²) in [5.41, 5.74) is 5.36. The second-order valence-corrected chi connectivity index (χ2v) is 18.1. The minimum absolute atomic E-state index is 0.0497. The average molecular weight is 880 g/mol. The van der Waals surface area contributed by atoms with Gasteiger partial charge in [-0.2, -0.15) is 0 Å². The Bertz CT molecular complexity index is 1140. The van der Waals surface area contributed by atoms with Crippen molar-refractivity contribution in [3.05, 3.63) is 48.6 Å². The van der Waals surface area contributed by atoms with Crippen LogP contribution in [0.1, 0.15) is 232 Å². The molecule has 0 aliphatic rings. The maximum atomic E-state index is 12.6. The van der Waals surface area contributed by atoms with Crippen molar-refractivity contribution in [2.45, 2.75) is 238 Å². The molecule has 0 aromatic rings. The van der Waals surface area contributed by atoms with Crippen LogP contribution in [0.3, 0.4) is 0 Å². The van der Waals surface area contributed by atoms with E-state index in [1.54, 1.807) is 0 Å². The summed E-state index contributed by atoms with van der Waals surface area (Å²) in [6, 6.07) is 0. The number of phosphoric ester groups is 1. The highest BCUT2D eigenvalue weighted by atomic mass is 31.2. The van der Waals surface area contributed by atoms with Gasteiger partial charge in [0, 0.05) is 19.4 Å². The number of hydrogen-bond donors (Lipinski definition) is 2. The number of carbonyl (C=O) groups is 2. The Morgan fingerprint density at radius 1 is 0.492 bits per heavy atom. The lowest BCUT2D eigenvalue weighted by Gasteiger charge is -2.19. The van der Waals surface area contributed by atoms with E-state index in [9.17, 15) is 19.0 Å². The summed E-state index contributed by atoms with van der Waals surface area (Å²) >= 11 is 0. The zero-order valence-corrected chi connectivity index (χ0v) is 40.3. The van der Waals surface area contributed by atoms with Crippen LogP contribution in [0.5, 0.6) is 0 Å². The van der Waals surface area contributed by atoms with E-state index in [2.05, 4.69) is 62.5 Å². The number of carbonyl (C=O) groups excluding carboxylic acids is 2. The van der Waals surface area contributed by atoms with Gasteiger partial charge in [-0.1, -0.05) is 191 Å². The number of hydrogen-bond acceptors (Lipinski definition) is 8. The fraction of sp³-hybridized carbons (Fsp3) is 0.804. The lowest BCUT2D eigenvalue weighted by atomic mass is 10.1. The molecule has 0 fully saturated rings. The molecule has 9 nitrogen and oxygen atoms in total. The van der Waals surface area contributed by atoms with Crippen molar-refractivity contribution in [1.29, 1.82) is 0 Å². The van der Waals surface area contributed by atoms with Crippen LogP contribution < -0.4 is 5.73 Å². The van der Waals surface area contributed by atoms with E-state index in [0.29, 0.717) is 6.42 Å². The Kier molecular flexibility index (Phi) is 45.9. The monoisotopic (exact) mass is 880 g/mol. The smallest absolute Gasteiger partial charge is 0.462 e. The molecule has 3 N–H and O–H groups in total. The third-order valence-corrected chi connectivity index (χ3v) is 11.7. The maximum absolute atomic E-state index is 12.6. The van der Waals surface area contributed by atoms with E-state index in [1.807, 2.05) is 0 Å². The first-order valence-electron chi connectivity index (χ1n) is 25.1. The van der Waals surface area contributed by atoms with Crippen molar-refractivity contribution >= 4 is 19.8 Å². The molecule has 0 bridgehead atoms. The molecule has 0 aliphatic heterocycles. The molecule has 0 spiro atoms. The lowest BCUT2D eigenvalue weighted by Crippen LogP contribution is -2.29. The molecule has 0 heterocycles. The molecule has 356 valence electrons. The minimum atomic E-state index is -4.39. The number of rotatable bonds is 47. The van der Waals surface area contributed by atoms with Crippen LogP contribution in [0.15, 0.2) is 48.6 Å². The molecule has 0 aliphatic carbocycles. The predicted molar refractivity (Wildman–Crippen MR) is 257 cm³/mol. The maximum Gasteiger partial charge on any atom is 0.472 e. The second-order valence-electron chi connectivity index (χ2n) is 16.7. The van der Waals surface area contributed by atoms with Gasteiger partial charge in [-0.05, 0) is 77.0 Å². The van der Waals surface area contributed by atoms with Gasteiger partial charge in [-0.15, -0.1) is 0 Å². The summed E-state index contributed by atoms with van der Waals surface area (Å²) in [6.07, 6.45) is 55.7. The third kappa shape index (κ3) is 47.3. The number of phosphoric acid groups is 1. The van der Waals surface area contributed by atoms with E-state index in [-0.39, 0.29) is 38.6 Å². The lowest BCUT2D eigenvalue weighted by molar-refractivity contribution is -0.161. The van der Waals surface area contributed by atoms with Crippen LogP contribution in [0.4, 0.5) is 0 Å². The Labute approximate surface area is 375 Å². The Hall–Kier alpha value is -2.03. The van der Waals surface area contributed by atoms with E-state index in [1.165, 1.54) is 128 Å². The Balaban J connectivity index is 4.08. The molecule has 0 aromatic heterocycles. The van der Waals surface area contributed by atoms with Crippen molar-refractivity contribution < 1.29 is 37.6 Å². The molecule has 2 atom stereocenters. The van der Waals surface area contributed by atoms with Crippen molar-refractivity contribution in [2.24, 2.45) is 5.73 Å². The molecule has 0 rings (SSSR count). The highest BCUT2D eigenvalue weighted by Crippen LogP contribution is 2.43.